The first-order valence-electron chi connectivity index (χ1n) is 7.82. The Morgan fingerprint density at radius 1 is 1.26 bits per heavy atom. The van der Waals surface area contributed by atoms with Gasteiger partial charge in [0.05, 0.1) is 10.9 Å². The summed E-state index contributed by atoms with van der Waals surface area (Å²) in [5.74, 6) is 0. The van der Waals surface area contributed by atoms with Gasteiger partial charge in [0, 0.05) is 24.2 Å². The quantitative estimate of drug-likeness (QED) is 0.819. The van der Waals surface area contributed by atoms with Crippen LogP contribution in [0.3, 0.4) is 0 Å². The van der Waals surface area contributed by atoms with Gasteiger partial charge < -0.3 is 5.32 Å². The number of thiophene rings is 1. The van der Waals surface area contributed by atoms with Crippen molar-refractivity contribution in [2.24, 2.45) is 5.41 Å². The molecule has 1 atom stereocenters. The van der Waals surface area contributed by atoms with E-state index in [1.165, 1.54) is 42.9 Å². The van der Waals surface area contributed by atoms with Crippen LogP contribution in [0.4, 0.5) is 0 Å². The molecule has 1 spiro atoms. The molecule has 1 aliphatic heterocycles. The van der Waals surface area contributed by atoms with E-state index in [4.69, 9.17) is 11.6 Å². The molecule has 1 N–H and O–H groups in total. The van der Waals surface area contributed by atoms with Gasteiger partial charge in [0.25, 0.3) is 0 Å². The molecule has 0 aromatic carbocycles. The van der Waals surface area contributed by atoms with Crippen molar-refractivity contribution in [1.29, 1.82) is 0 Å². The number of aromatic nitrogens is 1. The van der Waals surface area contributed by atoms with Crippen LogP contribution >= 0.6 is 46.7 Å². The smallest absolute Gasteiger partial charge is 0.107 e. The Morgan fingerprint density at radius 3 is 2.74 bits per heavy atom. The second-order valence-corrected chi connectivity index (χ2v) is 8.88. The van der Waals surface area contributed by atoms with Gasteiger partial charge in [-0.2, -0.15) is 0 Å². The van der Waals surface area contributed by atoms with Crippen molar-refractivity contribution < 1.29 is 0 Å². The van der Waals surface area contributed by atoms with Gasteiger partial charge in [-0.3, -0.25) is 4.90 Å². The normalized spacial score (nSPS) is 22.3. The first-order valence-corrected chi connectivity index (χ1v) is 9.96. The van der Waals surface area contributed by atoms with Gasteiger partial charge >= 0.3 is 0 Å². The Labute approximate surface area is 156 Å². The maximum absolute atomic E-state index is 6.34. The van der Waals surface area contributed by atoms with Crippen molar-refractivity contribution in [2.45, 2.75) is 38.4 Å². The van der Waals surface area contributed by atoms with Crippen molar-refractivity contribution in [1.82, 2.24) is 15.2 Å². The third kappa shape index (κ3) is 3.75. The van der Waals surface area contributed by atoms with E-state index in [1.54, 1.807) is 22.7 Å². The monoisotopic (exact) mass is 389 g/mol. The average Bonchev–Trinajstić information content (AvgIpc) is 2.90. The number of nitrogens with zero attached hydrogens (tertiary/aromatic N) is 2. The zero-order valence-corrected chi connectivity index (χ0v) is 16.0. The lowest BCUT2D eigenvalue weighted by Crippen LogP contribution is -2.35. The summed E-state index contributed by atoms with van der Waals surface area (Å²) in [5.41, 5.74) is 1.81. The first-order chi connectivity index (χ1) is 10.8. The van der Waals surface area contributed by atoms with Crippen molar-refractivity contribution in [3.8, 4) is 0 Å². The SMILES string of the molecule is Cl.Clc1sccc1CN(Cc1nccs1)C1CC12CCNCC2. The molecule has 3 heterocycles. The minimum Gasteiger partial charge on any atom is -0.317 e. The highest BCUT2D eigenvalue weighted by molar-refractivity contribution is 7.14. The van der Waals surface area contributed by atoms with Gasteiger partial charge in [-0.05, 0) is 54.8 Å². The van der Waals surface area contributed by atoms with E-state index in [2.05, 4.69) is 32.0 Å². The molecule has 23 heavy (non-hydrogen) atoms. The van der Waals surface area contributed by atoms with Crippen LogP contribution in [0.5, 0.6) is 0 Å². The molecule has 3 nitrogen and oxygen atoms in total. The lowest BCUT2D eigenvalue weighted by molar-refractivity contribution is 0.188. The highest BCUT2D eigenvalue weighted by Gasteiger charge is 2.56. The van der Waals surface area contributed by atoms with E-state index in [1.807, 2.05) is 6.20 Å². The third-order valence-corrected chi connectivity index (χ3v) is 7.09. The minimum absolute atomic E-state index is 0. The lowest BCUT2D eigenvalue weighted by atomic mass is 9.93. The standard InChI is InChI=1S/C16H20ClN3S2.ClH/c17-15-12(1-7-22-15)10-20(11-14-19-6-8-21-14)13-9-16(13)2-4-18-5-3-16;/h1,6-8,13,18H,2-5,9-11H2;1H. The molecule has 2 fully saturated rings. The molecule has 0 amide bonds. The summed E-state index contributed by atoms with van der Waals surface area (Å²) in [6.45, 7) is 4.23. The number of thiazole rings is 1. The number of rotatable bonds is 5. The number of nitrogens with one attached hydrogen (secondary N) is 1. The highest BCUT2D eigenvalue weighted by atomic mass is 35.5. The molecule has 2 aliphatic rings. The molecule has 7 heteroatoms. The molecule has 1 unspecified atom stereocenters. The minimum atomic E-state index is 0. The molecule has 126 valence electrons. The topological polar surface area (TPSA) is 28.2 Å². The number of halogens is 2. The highest BCUT2D eigenvalue weighted by Crippen LogP contribution is 2.56. The second-order valence-electron chi connectivity index (χ2n) is 6.38. The van der Waals surface area contributed by atoms with E-state index in [-0.39, 0.29) is 12.4 Å². The summed E-state index contributed by atoms with van der Waals surface area (Å²) >= 11 is 9.72. The van der Waals surface area contributed by atoms with Crippen LogP contribution in [-0.4, -0.2) is 29.0 Å². The van der Waals surface area contributed by atoms with Crippen molar-refractivity contribution in [3.05, 3.63) is 37.9 Å². The summed E-state index contributed by atoms with van der Waals surface area (Å²) in [6, 6.07) is 2.86. The Morgan fingerprint density at radius 2 is 2.09 bits per heavy atom. The summed E-state index contributed by atoms with van der Waals surface area (Å²) < 4.78 is 0.934. The molecule has 1 saturated heterocycles. The fraction of sp³-hybridized carbons (Fsp3) is 0.562. The maximum atomic E-state index is 6.34. The molecule has 0 bridgehead atoms. The first kappa shape index (κ1) is 17.6. The zero-order valence-electron chi connectivity index (χ0n) is 12.8. The van der Waals surface area contributed by atoms with Crippen molar-refractivity contribution >= 4 is 46.7 Å². The van der Waals surface area contributed by atoms with Crippen LogP contribution in [0.15, 0.2) is 23.0 Å². The second kappa shape index (κ2) is 7.38. The molecule has 0 radical (unpaired) electrons. The van der Waals surface area contributed by atoms with Gasteiger partial charge in [-0.25, -0.2) is 4.98 Å². The molecule has 2 aromatic heterocycles. The predicted molar refractivity (Wildman–Crippen MR) is 101 cm³/mol. The van der Waals surface area contributed by atoms with Crippen LogP contribution in [-0.2, 0) is 13.1 Å². The van der Waals surface area contributed by atoms with E-state index < -0.39 is 0 Å². The van der Waals surface area contributed by atoms with Gasteiger partial charge in [0.15, 0.2) is 0 Å². The fourth-order valence-electron chi connectivity index (χ4n) is 3.74. The Kier molecular flexibility index (Phi) is 5.66. The molecular weight excluding hydrogens is 369 g/mol. The number of hydrogen-bond acceptors (Lipinski definition) is 5. The van der Waals surface area contributed by atoms with Crippen LogP contribution in [0.2, 0.25) is 4.34 Å². The van der Waals surface area contributed by atoms with E-state index in [0.29, 0.717) is 11.5 Å². The Hall–Kier alpha value is -0.170. The van der Waals surface area contributed by atoms with Gasteiger partial charge in [-0.15, -0.1) is 35.1 Å². The molecule has 1 saturated carbocycles. The Bertz CT molecular complexity index is 623. The Balaban J connectivity index is 0.00000156. The van der Waals surface area contributed by atoms with Crippen LogP contribution < -0.4 is 5.32 Å². The summed E-state index contributed by atoms with van der Waals surface area (Å²) in [7, 11) is 0. The largest absolute Gasteiger partial charge is 0.317 e. The van der Waals surface area contributed by atoms with Crippen LogP contribution in [0.1, 0.15) is 29.8 Å². The van der Waals surface area contributed by atoms with Gasteiger partial charge in [0.2, 0.25) is 0 Å². The van der Waals surface area contributed by atoms with Crippen LogP contribution in [0.25, 0.3) is 0 Å². The fourth-order valence-corrected chi connectivity index (χ4v) is 5.29. The van der Waals surface area contributed by atoms with Crippen LogP contribution in [0, 0.1) is 5.41 Å². The summed E-state index contributed by atoms with van der Waals surface area (Å²) in [5, 5.41) is 8.86. The zero-order chi connectivity index (χ0) is 15.0. The predicted octanol–water partition coefficient (Wildman–Crippen LogP) is 4.42. The molecule has 2 aromatic rings. The summed E-state index contributed by atoms with van der Waals surface area (Å²) in [4.78, 5) is 7.09. The average molecular weight is 390 g/mol. The number of hydrogen-bond donors (Lipinski definition) is 1. The summed E-state index contributed by atoms with van der Waals surface area (Å²) in [6.07, 6.45) is 5.86. The van der Waals surface area contributed by atoms with Crippen molar-refractivity contribution in [2.75, 3.05) is 13.1 Å². The van der Waals surface area contributed by atoms with E-state index >= 15 is 0 Å². The van der Waals surface area contributed by atoms with E-state index in [0.717, 1.165) is 17.4 Å². The lowest BCUT2D eigenvalue weighted by Gasteiger charge is -2.29. The number of piperidine rings is 1. The maximum Gasteiger partial charge on any atom is 0.107 e. The molecule has 1 aliphatic carbocycles. The third-order valence-electron chi connectivity index (χ3n) is 5.08. The van der Waals surface area contributed by atoms with Gasteiger partial charge in [0.1, 0.15) is 5.01 Å². The van der Waals surface area contributed by atoms with E-state index in [9.17, 15) is 0 Å². The molecule has 4 rings (SSSR count). The van der Waals surface area contributed by atoms with Gasteiger partial charge in [-0.1, -0.05) is 11.6 Å². The molecular formula is C16H21Cl2N3S2. The van der Waals surface area contributed by atoms with Crippen molar-refractivity contribution in [3.63, 3.8) is 0 Å².